The topological polar surface area (TPSA) is 43.6 Å². The van der Waals surface area contributed by atoms with Crippen molar-refractivity contribution in [1.29, 1.82) is 0 Å². The maximum absolute atomic E-state index is 4.50. The summed E-state index contributed by atoms with van der Waals surface area (Å²) in [5, 5.41) is 2.04. The standard InChI is InChI=1S/C15H12N4S/c1-9-5-12-13(6-10(9)2)19(8-18-12)15-14-11(3-4-20-14)16-7-17-15/h3-8H,1-2H3. The Morgan fingerprint density at radius 1 is 1.00 bits per heavy atom. The number of rotatable bonds is 1. The highest BCUT2D eigenvalue weighted by Crippen LogP contribution is 2.27. The first-order valence-corrected chi connectivity index (χ1v) is 7.25. The van der Waals surface area contributed by atoms with E-state index in [9.17, 15) is 0 Å². The van der Waals surface area contributed by atoms with Gasteiger partial charge in [-0.05, 0) is 48.6 Å². The number of thiophene rings is 1. The van der Waals surface area contributed by atoms with Gasteiger partial charge in [0.25, 0.3) is 0 Å². The van der Waals surface area contributed by atoms with Gasteiger partial charge in [-0.1, -0.05) is 0 Å². The second-order valence-electron chi connectivity index (χ2n) is 4.87. The summed E-state index contributed by atoms with van der Waals surface area (Å²) in [6.07, 6.45) is 3.45. The first kappa shape index (κ1) is 11.5. The van der Waals surface area contributed by atoms with Crippen molar-refractivity contribution in [3.63, 3.8) is 0 Å². The van der Waals surface area contributed by atoms with E-state index in [0.717, 1.165) is 27.1 Å². The maximum atomic E-state index is 4.50. The van der Waals surface area contributed by atoms with Crippen LogP contribution in [0.2, 0.25) is 0 Å². The molecule has 0 N–H and O–H groups in total. The molecule has 4 nitrogen and oxygen atoms in total. The van der Waals surface area contributed by atoms with E-state index in [0.29, 0.717) is 0 Å². The van der Waals surface area contributed by atoms with Gasteiger partial charge in [0.15, 0.2) is 5.82 Å². The predicted molar refractivity (Wildman–Crippen MR) is 81.5 cm³/mol. The molecule has 0 saturated carbocycles. The van der Waals surface area contributed by atoms with Crippen LogP contribution in [0.1, 0.15) is 11.1 Å². The molecular weight excluding hydrogens is 268 g/mol. The summed E-state index contributed by atoms with van der Waals surface area (Å²) in [5.74, 6) is 0.899. The molecule has 0 unspecified atom stereocenters. The van der Waals surface area contributed by atoms with E-state index in [2.05, 4.69) is 40.9 Å². The molecule has 3 aromatic heterocycles. The zero-order valence-corrected chi connectivity index (χ0v) is 12.0. The van der Waals surface area contributed by atoms with Gasteiger partial charge in [-0.25, -0.2) is 15.0 Å². The Kier molecular flexibility index (Phi) is 2.37. The Morgan fingerprint density at radius 3 is 2.75 bits per heavy atom. The third-order valence-corrected chi connectivity index (χ3v) is 4.51. The number of hydrogen-bond acceptors (Lipinski definition) is 4. The molecule has 20 heavy (non-hydrogen) atoms. The Morgan fingerprint density at radius 2 is 1.85 bits per heavy atom. The summed E-state index contributed by atoms with van der Waals surface area (Å²) in [5.41, 5.74) is 5.58. The zero-order valence-electron chi connectivity index (χ0n) is 11.2. The van der Waals surface area contributed by atoms with Crippen LogP contribution in [-0.4, -0.2) is 19.5 Å². The highest BCUT2D eigenvalue weighted by atomic mass is 32.1. The van der Waals surface area contributed by atoms with E-state index >= 15 is 0 Å². The Balaban J connectivity index is 2.07. The van der Waals surface area contributed by atoms with Crippen molar-refractivity contribution in [2.45, 2.75) is 13.8 Å². The van der Waals surface area contributed by atoms with Crippen molar-refractivity contribution >= 4 is 32.6 Å². The molecule has 98 valence electrons. The predicted octanol–water partition coefficient (Wildman–Crippen LogP) is 3.65. The van der Waals surface area contributed by atoms with E-state index in [-0.39, 0.29) is 0 Å². The molecule has 4 aromatic rings. The van der Waals surface area contributed by atoms with E-state index in [1.54, 1.807) is 17.7 Å². The van der Waals surface area contributed by atoms with Gasteiger partial charge >= 0.3 is 0 Å². The minimum Gasteiger partial charge on any atom is -0.282 e. The van der Waals surface area contributed by atoms with Crippen molar-refractivity contribution < 1.29 is 0 Å². The summed E-state index contributed by atoms with van der Waals surface area (Å²) in [6.45, 7) is 4.22. The summed E-state index contributed by atoms with van der Waals surface area (Å²) in [4.78, 5) is 13.2. The van der Waals surface area contributed by atoms with Crippen molar-refractivity contribution in [2.24, 2.45) is 0 Å². The number of fused-ring (bicyclic) bond motifs is 2. The molecule has 0 spiro atoms. The summed E-state index contributed by atoms with van der Waals surface area (Å²) >= 11 is 1.65. The maximum Gasteiger partial charge on any atom is 0.159 e. The molecule has 0 aliphatic carbocycles. The van der Waals surface area contributed by atoms with E-state index in [4.69, 9.17) is 0 Å². The smallest absolute Gasteiger partial charge is 0.159 e. The molecule has 1 aromatic carbocycles. The Labute approximate surface area is 119 Å². The molecule has 0 atom stereocenters. The minimum atomic E-state index is 0.899. The van der Waals surface area contributed by atoms with E-state index in [1.165, 1.54) is 11.1 Å². The molecule has 0 aliphatic heterocycles. The largest absolute Gasteiger partial charge is 0.282 e. The third kappa shape index (κ3) is 1.56. The summed E-state index contributed by atoms with van der Waals surface area (Å²) in [7, 11) is 0. The van der Waals surface area contributed by atoms with Gasteiger partial charge in [-0.2, -0.15) is 0 Å². The van der Waals surface area contributed by atoms with Crippen molar-refractivity contribution in [3.8, 4) is 5.82 Å². The van der Waals surface area contributed by atoms with Crippen molar-refractivity contribution in [1.82, 2.24) is 19.5 Å². The van der Waals surface area contributed by atoms with Crippen LogP contribution in [0.25, 0.3) is 27.1 Å². The molecule has 4 rings (SSSR count). The summed E-state index contributed by atoms with van der Waals surface area (Å²) in [6, 6.07) is 6.30. The number of benzene rings is 1. The second kappa shape index (κ2) is 4.11. The SMILES string of the molecule is Cc1cc2ncn(-c3ncnc4ccsc34)c2cc1C. The number of hydrogen-bond donors (Lipinski definition) is 0. The molecule has 3 heterocycles. The third-order valence-electron chi connectivity index (χ3n) is 3.62. The van der Waals surface area contributed by atoms with Crippen LogP contribution in [0.4, 0.5) is 0 Å². The van der Waals surface area contributed by atoms with Crippen LogP contribution in [0.3, 0.4) is 0 Å². The molecule has 0 amide bonds. The first-order valence-electron chi connectivity index (χ1n) is 6.37. The average molecular weight is 280 g/mol. The van der Waals surface area contributed by atoms with Gasteiger partial charge in [-0.15, -0.1) is 11.3 Å². The summed E-state index contributed by atoms with van der Waals surface area (Å²) < 4.78 is 3.13. The molecule has 0 bridgehead atoms. The van der Waals surface area contributed by atoms with E-state index in [1.807, 2.05) is 22.3 Å². The van der Waals surface area contributed by atoms with Crippen LogP contribution in [0, 0.1) is 13.8 Å². The van der Waals surface area contributed by atoms with E-state index < -0.39 is 0 Å². The quantitative estimate of drug-likeness (QED) is 0.534. The minimum absolute atomic E-state index is 0.899. The second-order valence-corrected chi connectivity index (χ2v) is 5.79. The van der Waals surface area contributed by atoms with Gasteiger partial charge in [0.05, 0.1) is 21.3 Å². The Bertz CT molecular complexity index is 936. The van der Waals surface area contributed by atoms with Crippen LogP contribution in [-0.2, 0) is 0 Å². The monoisotopic (exact) mass is 280 g/mol. The fourth-order valence-corrected chi connectivity index (χ4v) is 3.21. The van der Waals surface area contributed by atoms with Gasteiger partial charge in [0.2, 0.25) is 0 Å². The normalized spacial score (nSPS) is 11.5. The van der Waals surface area contributed by atoms with Crippen LogP contribution < -0.4 is 0 Å². The lowest BCUT2D eigenvalue weighted by Gasteiger charge is -2.05. The van der Waals surface area contributed by atoms with Crippen LogP contribution in [0.15, 0.2) is 36.2 Å². The van der Waals surface area contributed by atoms with Crippen molar-refractivity contribution in [3.05, 3.63) is 47.4 Å². The van der Waals surface area contributed by atoms with Gasteiger partial charge in [-0.3, -0.25) is 4.57 Å². The van der Waals surface area contributed by atoms with Gasteiger partial charge < -0.3 is 0 Å². The molecule has 0 aliphatic rings. The highest BCUT2D eigenvalue weighted by Gasteiger charge is 2.11. The van der Waals surface area contributed by atoms with Crippen LogP contribution >= 0.6 is 11.3 Å². The highest BCUT2D eigenvalue weighted by molar-refractivity contribution is 7.17. The number of aryl methyl sites for hydroxylation is 2. The van der Waals surface area contributed by atoms with Gasteiger partial charge in [0, 0.05) is 0 Å². The first-order chi connectivity index (χ1) is 9.74. The zero-order chi connectivity index (χ0) is 13.7. The molecular formula is C15H12N4S. The lowest BCUT2D eigenvalue weighted by molar-refractivity contribution is 1.02. The van der Waals surface area contributed by atoms with Crippen LogP contribution in [0.5, 0.6) is 0 Å². The number of nitrogens with zero attached hydrogens (tertiary/aromatic N) is 4. The van der Waals surface area contributed by atoms with Crippen molar-refractivity contribution in [2.75, 3.05) is 0 Å². The molecule has 0 fully saturated rings. The fourth-order valence-electron chi connectivity index (χ4n) is 2.38. The molecule has 0 radical (unpaired) electrons. The number of aromatic nitrogens is 4. The van der Waals surface area contributed by atoms with Gasteiger partial charge in [0.1, 0.15) is 12.7 Å². The molecule has 5 heteroatoms. The molecule has 0 saturated heterocycles. The lowest BCUT2D eigenvalue weighted by Crippen LogP contribution is -1.97. The lowest BCUT2D eigenvalue weighted by atomic mass is 10.1. The fraction of sp³-hybridized carbons (Fsp3) is 0.133. The average Bonchev–Trinajstić information content (AvgIpc) is 3.05. The Hall–Kier alpha value is -2.27. The number of imidazole rings is 1.